The average molecular weight is 365 g/mol. The fraction of sp³-hybridized carbons (Fsp3) is 0.409. The van der Waals surface area contributed by atoms with E-state index in [1.807, 2.05) is 61.3 Å². The molecule has 2 heterocycles. The van der Waals surface area contributed by atoms with Gasteiger partial charge in [-0.25, -0.2) is 0 Å². The van der Waals surface area contributed by atoms with Crippen molar-refractivity contribution in [1.29, 1.82) is 0 Å². The van der Waals surface area contributed by atoms with Gasteiger partial charge in [0, 0.05) is 45.2 Å². The molecule has 0 unspecified atom stereocenters. The van der Waals surface area contributed by atoms with Crippen molar-refractivity contribution in [1.82, 2.24) is 14.8 Å². The van der Waals surface area contributed by atoms with E-state index in [0.29, 0.717) is 12.1 Å². The van der Waals surface area contributed by atoms with E-state index in [0.717, 1.165) is 42.9 Å². The molecule has 3 rings (SSSR count). The maximum atomic E-state index is 13.1. The van der Waals surface area contributed by atoms with Crippen LogP contribution in [0, 0.1) is 6.92 Å². The highest BCUT2D eigenvalue weighted by Gasteiger charge is 2.27. The van der Waals surface area contributed by atoms with Crippen molar-refractivity contribution in [2.45, 2.75) is 39.2 Å². The standard InChI is InChI=1S/C22H27N3O2/c1-16-9-10-20(22(27)24(3)15-18-7-5-4-6-8-18)21(23-16)19-11-13-25(14-12-19)17(2)26/h4-10,19H,11-15H2,1-3H3. The molecule has 5 nitrogen and oxygen atoms in total. The highest BCUT2D eigenvalue weighted by Crippen LogP contribution is 2.30. The minimum Gasteiger partial charge on any atom is -0.343 e. The first-order chi connectivity index (χ1) is 13.0. The van der Waals surface area contributed by atoms with Crippen LogP contribution in [0.25, 0.3) is 0 Å². The number of carbonyl (C=O) groups is 2. The van der Waals surface area contributed by atoms with Crippen LogP contribution in [0.2, 0.25) is 0 Å². The van der Waals surface area contributed by atoms with E-state index in [2.05, 4.69) is 0 Å². The number of benzene rings is 1. The third kappa shape index (κ3) is 4.54. The van der Waals surface area contributed by atoms with Crippen LogP contribution in [0.15, 0.2) is 42.5 Å². The fourth-order valence-electron chi connectivity index (χ4n) is 3.67. The summed E-state index contributed by atoms with van der Waals surface area (Å²) in [6, 6.07) is 13.8. The van der Waals surface area contributed by atoms with Gasteiger partial charge in [0.1, 0.15) is 0 Å². The lowest BCUT2D eigenvalue weighted by molar-refractivity contribution is -0.129. The van der Waals surface area contributed by atoms with E-state index in [-0.39, 0.29) is 17.7 Å². The van der Waals surface area contributed by atoms with Gasteiger partial charge < -0.3 is 9.80 Å². The molecule has 1 aliphatic rings. The summed E-state index contributed by atoms with van der Waals surface area (Å²) >= 11 is 0. The molecule has 1 aromatic heterocycles. The molecular weight excluding hydrogens is 338 g/mol. The van der Waals surface area contributed by atoms with Gasteiger partial charge in [-0.05, 0) is 37.5 Å². The Hall–Kier alpha value is -2.69. The third-order valence-corrected chi connectivity index (χ3v) is 5.23. The first-order valence-electron chi connectivity index (χ1n) is 9.48. The topological polar surface area (TPSA) is 53.5 Å². The van der Waals surface area contributed by atoms with Crippen LogP contribution in [0.1, 0.15) is 53.0 Å². The molecule has 0 saturated carbocycles. The van der Waals surface area contributed by atoms with Crippen molar-refractivity contribution in [2.24, 2.45) is 0 Å². The van der Waals surface area contributed by atoms with Crippen LogP contribution >= 0.6 is 0 Å². The molecular formula is C22H27N3O2. The van der Waals surface area contributed by atoms with Gasteiger partial charge in [-0.1, -0.05) is 30.3 Å². The molecule has 142 valence electrons. The first-order valence-corrected chi connectivity index (χ1v) is 9.48. The monoisotopic (exact) mass is 365 g/mol. The summed E-state index contributed by atoms with van der Waals surface area (Å²) in [4.78, 5) is 33.0. The molecule has 0 bridgehead atoms. The Labute approximate surface area is 161 Å². The number of aryl methyl sites for hydroxylation is 1. The highest BCUT2D eigenvalue weighted by molar-refractivity contribution is 5.95. The summed E-state index contributed by atoms with van der Waals surface area (Å²) in [5, 5.41) is 0. The number of piperidine rings is 1. The van der Waals surface area contributed by atoms with Crippen LogP contribution in [0.3, 0.4) is 0 Å². The Kier molecular flexibility index (Phi) is 5.89. The van der Waals surface area contributed by atoms with Crippen LogP contribution < -0.4 is 0 Å². The number of aromatic nitrogens is 1. The van der Waals surface area contributed by atoms with E-state index >= 15 is 0 Å². The van der Waals surface area contributed by atoms with Crippen LogP contribution in [-0.4, -0.2) is 46.7 Å². The number of rotatable bonds is 4. The van der Waals surface area contributed by atoms with Crippen molar-refractivity contribution in [3.05, 3.63) is 65.0 Å². The molecule has 0 atom stereocenters. The number of carbonyl (C=O) groups excluding carboxylic acids is 2. The summed E-state index contributed by atoms with van der Waals surface area (Å²) in [7, 11) is 1.83. The summed E-state index contributed by atoms with van der Waals surface area (Å²) in [5.74, 6) is 0.324. The minimum absolute atomic E-state index is 0.00431. The predicted octanol–water partition coefficient (Wildman–Crippen LogP) is 3.39. The van der Waals surface area contributed by atoms with Gasteiger partial charge in [-0.2, -0.15) is 0 Å². The quantitative estimate of drug-likeness (QED) is 0.835. The molecule has 0 radical (unpaired) electrons. The largest absolute Gasteiger partial charge is 0.343 e. The van der Waals surface area contributed by atoms with E-state index in [1.54, 1.807) is 11.8 Å². The van der Waals surface area contributed by atoms with Gasteiger partial charge in [0.25, 0.3) is 5.91 Å². The van der Waals surface area contributed by atoms with E-state index in [9.17, 15) is 9.59 Å². The average Bonchev–Trinajstić information content (AvgIpc) is 2.68. The number of hydrogen-bond donors (Lipinski definition) is 0. The summed E-state index contributed by atoms with van der Waals surface area (Å²) < 4.78 is 0. The summed E-state index contributed by atoms with van der Waals surface area (Å²) in [6.45, 7) is 5.58. The molecule has 1 aromatic carbocycles. The second kappa shape index (κ2) is 8.33. The molecule has 1 aliphatic heterocycles. The summed E-state index contributed by atoms with van der Waals surface area (Å²) in [5.41, 5.74) is 3.58. The lowest BCUT2D eigenvalue weighted by Crippen LogP contribution is -2.37. The SMILES string of the molecule is CC(=O)N1CCC(c2nc(C)ccc2C(=O)N(C)Cc2ccccc2)CC1. The Morgan fingerprint density at radius 2 is 1.78 bits per heavy atom. The lowest BCUT2D eigenvalue weighted by Gasteiger charge is -2.32. The van der Waals surface area contributed by atoms with Crippen molar-refractivity contribution in [3.63, 3.8) is 0 Å². The first kappa shape index (κ1) is 19.1. The third-order valence-electron chi connectivity index (χ3n) is 5.23. The van der Waals surface area contributed by atoms with Gasteiger partial charge in [0.05, 0.1) is 11.3 Å². The molecule has 1 saturated heterocycles. The van der Waals surface area contributed by atoms with Crippen molar-refractivity contribution in [2.75, 3.05) is 20.1 Å². The molecule has 2 amide bonds. The summed E-state index contributed by atoms with van der Waals surface area (Å²) in [6.07, 6.45) is 1.69. The number of likely N-dealkylation sites (tertiary alicyclic amines) is 1. The molecule has 27 heavy (non-hydrogen) atoms. The fourth-order valence-corrected chi connectivity index (χ4v) is 3.67. The van der Waals surface area contributed by atoms with E-state index < -0.39 is 0 Å². The Morgan fingerprint density at radius 1 is 1.11 bits per heavy atom. The lowest BCUT2D eigenvalue weighted by atomic mass is 9.89. The van der Waals surface area contributed by atoms with Gasteiger partial charge in [0.15, 0.2) is 0 Å². The Morgan fingerprint density at radius 3 is 2.41 bits per heavy atom. The molecule has 2 aromatic rings. The smallest absolute Gasteiger partial charge is 0.255 e. The number of pyridine rings is 1. The predicted molar refractivity (Wildman–Crippen MR) is 105 cm³/mol. The zero-order valence-electron chi connectivity index (χ0n) is 16.3. The van der Waals surface area contributed by atoms with Crippen molar-refractivity contribution >= 4 is 11.8 Å². The van der Waals surface area contributed by atoms with E-state index in [4.69, 9.17) is 4.98 Å². The second-order valence-corrected chi connectivity index (χ2v) is 7.31. The number of nitrogens with zero attached hydrogens (tertiary/aromatic N) is 3. The van der Waals surface area contributed by atoms with Crippen molar-refractivity contribution in [3.8, 4) is 0 Å². The van der Waals surface area contributed by atoms with E-state index in [1.165, 1.54) is 0 Å². The highest BCUT2D eigenvalue weighted by atomic mass is 16.2. The molecule has 5 heteroatoms. The molecule has 0 N–H and O–H groups in total. The van der Waals surface area contributed by atoms with Gasteiger partial charge in [-0.3, -0.25) is 14.6 Å². The Bertz CT molecular complexity index is 812. The second-order valence-electron chi connectivity index (χ2n) is 7.31. The number of hydrogen-bond acceptors (Lipinski definition) is 3. The normalized spacial score (nSPS) is 14.9. The van der Waals surface area contributed by atoms with Crippen LogP contribution in [0.5, 0.6) is 0 Å². The molecule has 0 spiro atoms. The zero-order valence-corrected chi connectivity index (χ0v) is 16.3. The minimum atomic E-state index is -0.00431. The maximum absolute atomic E-state index is 13.1. The zero-order chi connectivity index (χ0) is 19.4. The molecule has 1 fully saturated rings. The Balaban J connectivity index is 1.79. The van der Waals surface area contributed by atoms with Crippen LogP contribution in [0.4, 0.5) is 0 Å². The van der Waals surface area contributed by atoms with Crippen LogP contribution in [-0.2, 0) is 11.3 Å². The van der Waals surface area contributed by atoms with Crippen molar-refractivity contribution < 1.29 is 9.59 Å². The van der Waals surface area contributed by atoms with Gasteiger partial charge in [0.2, 0.25) is 5.91 Å². The molecule has 0 aliphatic carbocycles. The number of amides is 2. The van der Waals surface area contributed by atoms with Gasteiger partial charge in [-0.15, -0.1) is 0 Å². The maximum Gasteiger partial charge on any atom is 0.255 e. The van der Waals surface area contributed by atoms with Gasteiger partial charge >= 0.3 is 0 Å².